The van der Waals surface area contributed by atoms with Crippen molar-refractivity contribution < 1.29 is 19.4 Å². The molecule has 0 spiro atoms. The first-order valence-electron chi connectivity index (χ1n) is 5.70. The fourth-order valence-electron chi connectivity index (χ4n) is 1.73. The van der Waals surface area contributed by atoms with E-state index in [0.717, 1.165) is 6.08 Å². The highest BCUT2D eigenvalue weighted by Gasteiger charge is 2.27. The molecule has 0 aromatic heterocycles. The van der Waals surface area contributed by atoms with Crippen molar-refractivity contribution in [3.05, 3.63) is 66.0 Å². The van der Waals surface area contributed by atoms with Crippen LogP contribution in [0.15, 0.2) is 60.4 Å². The van der Waals surface area contributed by atoms with Gasteiger partial charge in [0.05, 0.1) is 0 Å². The number of esters is 1. The molecule has 0 saturated heterocycles. The van der Waals surface area contributed by atoms with Crippen LogP contribution in [-0.4, -0.2) is 16.9 Å². The van der Waals surface area contributed by atoms with E-state index in [1.807, 2.05) is 6.07 Å². The zero-order valence-electron chi connectivity index (χ0n) is 10.1. The lowest BCUT2D eigenvalue weighted by atomic mass is 10.0. The summed E-state index contributed by atoms with van der Waals surface area (Å²) in [5.74, 6) is -1.61. The third-order valence-electron chi connectivity index (χ3n) is 2.64. The zero-order chi connectivity index (χ0) is 13.8. The molecule has 1 aromatic rings. The Kier molecular flexibility index (Phi) is 3.61. The number of hydrogen-bond donors (Lipinski definition) is 1. The number of hydrogen-bond acceptors (Lipinski definition) is 4. The summed E-state index contributed by atoms with van der Waals surface area (Å²) in [5, 5.41) is 10.2. The molecule has 0 fully saturated rings. The summed E-state index contributed by atoms with van der Waals surface area (Å²) in [6.07, 6.45) is 2.93. The maximum Gasteiger partial charge on any atom is 0.384 e. The van der Waals surface area contributed by atoms with Crippen LogP contribution in [0, 0.1) is 0 Å². The van der Waals surface area contributed by atoms with E-state index in [2.05, 4.69) is 6.58 Å². The van der Waals surface area contributed by atoms with Gasteiger partial charge in [-0.25, -0.2) is 4.79 Å². The molecule has 96 valence electrons. The van der Waals surface area contributed by atoms with E-state index in [4.69, 9.17) is 4.74 Å². The van der Waals surface area contributed by atoms with Crippen LogP contribution in [0.2, 0.25) is 0 Å². The van der Waals surface area contributed by atoms with Gasteiger partial charge in [-0.15, -0.1) is 6.58 Å². The minimum Gasteiger partial charge on any atom is -0.507 e. The standard InChI is InChI=1S/C15H12O4/c1-2-6-11(13-9-12(16)15(18)19-13)14(17)10-7-4-3-5-8-10/h2-5,7-9,17H,1,6H2/b14-11-. The molecule has 1 aliphatic heterocycles. The third-order valence-corrected chi connectivity index (χ3v) is 2.64. The van der Waals surface area contributed by atoms with Crippen molar-refractivity contribution in [3.8, 4) is 0 Å². The van der Waals surface area contributed by atoms with Crippen molar-refractivity contribution in [2.24, 2.45) is 0 Å². The Balaban J connectivity index is 2.46. The highest BCUT2D eigenvalue weighted by Crippen LogP contribution is 2.28. The van der Waals surface area contributed by atoms with Crippen molar-refractivity contribution >= 4 is 17.5 Å². The number of ether oxygens (including phenoxy) is 1. The first kappa shape index (κ1) is 12.8. The fourth-order valence-corrected chi connectivity index (χ4v) is 1.73. The second kappa shape index (κ2) is 5.35. The number of aliphatic hydroxyl groups is 1. The summed E-state index contributed by atoms with van der Waals surface area (Å²) in [6, 6.07) is 8.81. The van der Waals surface area contributed by atoms with E-state index in [9.17, 15) is 14.7 Å². The largest absolute Gasteiger partial charge is 0.507 e. The van der Waals surface area contributed by atoms with Gasteiger partial charge >= 0.3 is 5.97 Å². The second-order valence-electron chi connectivity index (χ2n) is 3.95. The summed E-state index contributed by atoms with van der Waals surface area (Å²) in [7, 11) is 0. The van der Waals surface area contributed by atoms with Crippen molar-refractivity contribution in [2.45, 2.75) is 6.42 Å². The van der Waals surface area contributed by atoms with Crippen LogP contribution in [0.3, 0.4) is 0 Å². The van der Waals surface area contributed by atoms with Gasteiger partial charge in [-0.05, 0) is 6.42 Å². The predicted molar refractivity (Wildman–Crippen MR) is 70.0 cm³/mol. The van der Waals surface area contributed by atoms with Crippen LogP contribution < -0.4 is 0 Å². The molecule has 0 aliphatic carbocycles. The van der Waals surface area contributed by atoms with Crippen LogP contribution >= 0.6 is 0 Å². The van der Waals surface area contributed by atoms with E-state index < -0.39 is 11.8 Å². The molecule has 4 heteroatoms. The molecule has 1 N–H and O–H groups in total. The number of allylic oxidation sites excluding steroid dienone is 2. The van der Waals surface area contributed by atoms with Gasteiger partial charge in [0.15, 0.2) is 0 Å². The van der Waals surface area contributed by atoms with Crippen LogP contribution in [0.5, 0.6) is 0 Å². The summed E-state index contributed by atoms with van der Waals surface area (Å²) < 4.78 is 4.84. The Hall–Kier alpha value is -2.62. The molecule has 19 heavy (non-hydrogen) atoms. The van der Waals surface area contributed by atoms with Gasteiger partial charge < -0.3 is 9.84 Å². The lowest BCUT2D eigenvalue weighted by Gasteiger charge is -2.09. The molecule has 4 nitrogen and oxygen atoms in total. The zero-order valence-corrected chi connectivity index (χ0v) is 10.1. The number of rotatable bonds is 4. The van der Waals surface area contributed by atoms with E-state index >= 15 is 0 Å². The molecule has 2 rings (SSSR count). The Bertz CT molecular complexity index is 594. The number of cyclic esters (lactones) is 1. The van der Waals surface area contributed by atoms with Gasteiger partial charge in [0.2, 0.25) is 0 Å². The molecule has 1 aromatic carbocycles. The Morgan fingerprint density at radius 1 is 1.26 bits per heavy atom. The van der Waals surface area contributed by atoms with Crippen molar-refractivity contribution in [3.63, 3.8) is 0 Å². The van der Waals surface area contributed by atoms with Gasteiger partial charge in [-0.1, -0.05) is 36.4 Å². The second-order valence-corrected chi connectivity index (χ2v) is 3.95. The van der Waals surface area contributed by atoms with Gasteiger partial charge in [0.25, 0.3) is 5.78 Å². The van der Waals surface area contributed by atoms with Gasteiger partial charge in [-0.2, -0.15) is 0 Å². The number of ketones is 1. The Morgan fingerprint density at radius 2 is 1.95 bits per heavy atom. The van der Waals surface area contributed by atoms with Crippen molar-refractivity contribution in [2.75, 3.05) is 0 Å². The lowest BCUT2D eigenvalue weighted by molar-refractivity contribution is -0.145. The van der Waals surface area contributed by atoms with Gasteiger partial charge in [-0.3, -0.25) is 4.79 Å². The van der Waals surface area contributed by atoms with Crippen molar-refractivity contribution in [1.82, 2.24) is 0 Å². The van der Waals surface area contributed by atoms with Crippen molar-refractivity contribution in [1.29, 1.82) is 0 Å². The monoisotopic (exact) mass is 256 g/mol. The molecule has 1 heterocycles. The van der Waals surface area contributed by atoms with Crippen LogP contribution in [0.1, 0.15) is 12.0 Å². The van der Waals surface area contributed by atoms with Crippen LogP contribution in [0.25, 0.3) is 5.76 Å². The molecule has 0 amide bonds. The molecule has 0 saturated carbocycles. The van der Waals surface area contributed by atoms with E-state index in [1.165, 1.54) is 0 Å². The summed E-state index contributed by atoms with van der Waals surface area (Å²) in [5.41, 5.74) is 0.941. The number of carbonyl (C=O) groups is 2. The topological polar surface area (TPSA) is 63.6 Å². The minimum absolute atomic E-state index is 0.0331. The van der Waals surface area contributed by atoms with Crippen LogP contribution in [-0.2, 0) is 14.3 Å². The SMILES string of the molecule is C=CC/C(C1=CC(=O)C(=O)O1)=C(/O)c1ccccc1. The summed E-state index contributed by atoms with van der Waals surface area (Å²) >= 11 is 0. The average Bonchev–Trinajstić information content (AvgIpc) is 2.76. The lowest BCUT2D eigenvalue weighted by Crippen LogP contribution is -2.06. The molecule has 0 atom stereocenters. The molecular weight excluding hydrogens is 244 g/mol. The molecule has 0 bridgehead atoms. The number of aliphatic hydroxyl groups excluding tert-OH is 1. The highest BCUT2D eigenvalue weighted by molar-refractivity contribution is 6.40. The van der Waals surface area contributed by atoms with Crippen LogP contribution in [0.4, 0.5) is 0 Å². The fraction of sp³-hybridized carbons (Fsp3) is 0.0667. The third kappa shape index (κ3) is 2.63. The first-order valence-corrected chi connectivity index (χ1v) is 5.70. The number of carbonyl (C=O) groups excluding carboxylic acids is 2. The minimum atomic E-state index is -0.933. The Morgan fingerprint density at radius 3 is 2.47 bits per heavy atom. The average molecular weight is 256 g/mol. The maximum atomic E-state index is 11.2. The van der Waals surface area contributed by atoms with E-state index in [-0.39, 0.29) is 17.9 Å². The van der Waals surface area contributed by atoms with Gasteiger partial charge in [0.1, 0.15) is 11.5 Å². The highest BCUT2D eigenvalue weighted by atomic mass is 16.5. The predicted octanol–water partition coefficient (Wildman–Crippen LogP) is 2.54. The first-order chi connectivity index (χ1) is 9.13. The molecule has 0 unspecified atom stereocenters. The van der Waals surface area contributed by atoms with E-state index in [1.54, 1.807) is 30.3 Å². The Labute approximate surface area is 110 Å². The molecule has 1 aliphatic rings. The molecule has 0 radical (unpaired) electrons. The smallest absolute Gasteiger partial charge is 0.384 e. The summed E-state index contributed by atoms with van der Waals surface area (Å²) in [4.78, 5) is 22.3. The normalized spacial score (nSPS) is 15.7. The number of benzene rings is 1. The van der Waals surface area contributed by atoms with Gasteiger partial charge in [0, 0.05) is 17.2 Å². The maximum absolute atomic E-state index is 11.2. The molecular formula is C15H12O4. The summed E-state index contributed by atoms with van der Waals surface area (Å²) in [6.45, 7) is 3.59. The van der Waals surface area contributed by atoms with E-state index in [0.29, 0.717) is 11.1 Å². The quantitative estimate of drug-likeness (QED) is 0.389.